The van der Waals surface area contributed by atoms with E-state index in [1.807, 2.05) is 56.3 Å². The number of carbonyl (C=O) groups is 1. The van der Waals surface area contributed by atoms with E-state index in [1.54, 1.807) is 19.2 Å². The smallest absolute Gasteiger partial charge is 0.294 e. The van der Waals surface area contributed by atoms with Gasteiger partial charge in [-0.25, -0.2) is 9.97 Å². The summed E-state index contributed by atoms with van der Waals surface area (Å²) in [7, 11) is 1.56. The van der Waals surface area contributed by atoms with Gasteiger partial charge in [0.05, 0.1) is 18.4 Å². The molecule has 1 fully saturated rings. The number of methoxy groups -OCH3 is 1. The number of nitrogens with zero attached hydrogens (tertiary/aromatic N) is 5. The standard InChI is InChI=1S/C33H38N6O3/c1-23(2)37-17-19-38(20-18-37)28-15-13-27(14-16-28)36-33-34-21-26(22-35-33)32(40)39(31-24(3)9-8-10-25(31)4)42-30-12-7-6-11-29(30)41-5/h6-16,21-23H,17-20H2,1-5H3,(H,34,35,36). The highest BCUT2D eigenvalue weighted by atomic mass is 16.7. The molecule has 9 heteroatoms. The molecule has 0 bridgehead atoms. The lowest BCUT2D eigenvalue weighted by Crippen LogP contribution is -2.48. The maximum absolute atomic E-state index is 13.8. The Hall–Kier alpha value is -4.63. The molecule has 1 saturated heterocycles. The molecule has 0 saturated carbocycles. The summed E-state index contributed by atoms with van der Waals surface area (Å²) in [6.45, 7) is 12.5. The van der Waals surface area contributed by atoms with Crippen LogP contribution in [-0.4, -0.2) is 60.1 Å². The zero-order chi connectivity index (χ0) is 29.6. The van der Waals surface area contributed by atoms with Gasteiger partial charge in [0.2, 0.25) is 5.95 Å². The lowest BCUT2D eigenvalue weighted by Gasteiger charge is -2.38. The first-order valence-corrected chi connectivity index (χ1v) is 14.2. The number of ether oxygens (including phenoxy) is 1. The Morgan fingerprint density at radius 1 is 0.857 bits per heavy atom. The number of piperazine rings is 1. The van der Waals surface area contributed by atoms with Crippen LogP contribution >= 0.6 is 0 Å². The monoisotopic (exact) mass is 566 g/mol. The Balaban J connectivity index is 1.31. The third-order valence-corrected chi connectivity index (χ3v) is 7.52. The fraction of sp³-hybridized carbons (Fsp3) is 0.303. The SMILES string of the molecule is COc1ccccc1ON(C(=O)c1cnc(Nc2ccc(N3CCN(C(C)C)CC3)cc2)nc1)c1c(C)cccc1C. The first-order chi connectivity index (χ1) is 20.3. The highest BCUT2D eigenvalue weighted by Crippen LogP contribution is 2.32. The molecule has 2 heterocycles. The molecule has 1 aromatic heterocycles. The predicted molar refractivity (Wildman–Crippen MR) is 167 cm³/mol. The number of benzene rings is 3. The van der Waals surface area contributed by atoms with Gasteiger partial charge >= 0.3 is 0 Å². The van der Waals surface area contributed by atoms with Gasteiger partial charge in [0.1, 0.15) is 0 Å². The summed E-state index contributed by atoms with van der Waals surface area (Å²) in [4.78, 5) is 33.8. The fourth-order valence-electron chi connectivity index (χ4n) is 5.11. The van der Waals surface area contributed by atoms with Gasteiger partial charge in [-0.05, 0) is 75.2 Å². The second-order valence-electron chi connectivity index (χ2n) is 10.7. The second kappa shape index (κ2) is 12.9. The van der Waals surface area contributed by atoms with Crippen LogP contribution in [0.25, 0.3) is 0 Å². The van der Waals surface area contributed by atoms with Crippen LogP contribution in [0.2, 0.25) is 0 Å². The fourth-order valence-corrected chi connectivity index (χ4v) is 5.11. The van der Waals surface area contributed by atoms with Crippen molar-refractivity contribution in [2.24, 2.45) is 0 Å². The number of hydroxylamine groups is 1. The van der Waals surface area contributed by atoms with Crippen LogP contribution in [-0.2, 0) is 0 Å². The quantitative estimate of drug-likeness (QED) is 0.247. The molecule has 218 valence electrons. The molecule has 1 amide bonds. The molecule has 0 aliphatic carbocycles. The summed E-state index contributed by atoms with van der Waals surface area (Å²) in [5, 5.41) is 4.52. The van der Waals surface area contributed by atoms with E-state index in [-0.39, 0.29) is 5.56 Å². The summed E-state index contributed by atoms with van der Waals surface area (Å²) in [5.41, 5.74) is 4.79. The van der Waals surface area contributed by atoms with Crippen molar-refractivity contribution in [1.29, 1.82) is 0 Å². The van der Waals surface area contributed by atoms with E-state index < -0.39 is 5.91 Å². The van der Waals surface area contributed by atoms with Crippen molar-refractivity contribution < 1.29 is 14.4 Å². The summed E-state index contributed by atoms with van der Waals surface area (Å²) < 4.78 is 5.45. The van der Waals surface area contributed by atoms with Crippen LogP contribution in [0.3, 0.4) is 0 Å². The molecule has 0 atom stereocenters. The van der Waals surface area contributed by atoms with E-state index >= 15 is 0 Å². The molecule has 1 aliphatic heterocycles. The zero-order valence-corrected chi connectivity index (χ0v) is 24.9. The number of amides is 1. The van der Waals surface area contributed by atoms with Gasteiger partial charge in [-0.3, -0.25) is 9.69 Å². The number of rotatable bonds is 9. The predicted octanol–water partition coefficient (Wildman–Crippen LogP) is 6.02. The van der Waals surface area contributed by atoms with Crippen LogP contribution in [0.5, 0.6) is 11.5 Å². The molecule has 4 aromatic rings. The first-order valence-electron chi connectivity index (χ1n) is 14.2. The topological polar surface area (TPSA) is 83.1 Å². The lowest BCUT2D eigenvalue weighted by molar-refractivity contribution is 0.0875. The van der Waals surface area contributed by atoms with Crippen molar-refractivity contribution in [3.63, 3.8) is 0 Å². The molecule has 5 rings (SSSR count). The average molecular weight is 567 g/mol. The summed E-state index contributed by atoms with van der Waals surface area (Å²) in [6, 6.07) is 21.9. The Bertz CT molecular complexity index is 1480. The average Bonchev–Trinajstić information content (AvgIpc) is 3.01. The van der Waals surface area contributed by atoms with Gasteiger partial charge in [-0.15, -0.1) is 5.06 Å². The van der Waals surface area contributed by atoms with Crippen LogP contribution in [0, 0.1) is 13.8 Å². The number of carbonyl (C=O) groups excluding carboxylic acids is 1. The first kappa shape index (κ1) is 28.9. The summed E-state index contributed by atoms with van der Waals surface area (Å²) >= 11 is 0. The van der Waals surface area contributed by atoms with E-state index in [0.29, 0.717) is 29.2 Å². The molecule has 0 unspecified atom stereocenters. The molecular weight excluding hydrogens is 528 g/mol. The van der Waals surface area contributed by atoms with Gasteiger partial charge in [0.25, 0.3) is 5.91 Å². The highest BCUT2D eigenvalue weighted by molar-refractivity contribution is 6.05. The van der Waals surface area contributed by atoms with E-state index in [2.05, 4.69) is 51.1 Å². The van der Waals surface area contributed by atoms with Gasteiger partial charge in [0.15, 0.2) is 11.5 Å². The molecule has 9 nitrogen and oxygen atoms in total. The van der Waals surface area contributed by atoms with Gasteiger partial charge in [-0.2, -0.15) is 0 Å². The Morgan fingerprint density at radius 2 is 1.48 bits per heavy atom. The molecule has 3 aromatic carbocycles. The molecule has 0 radical (unpaired) electrons. The molecular formula is C33H38N6O3. The summed E-state index contributed by atoms with van der Waals surface area (Å²) in [6.07, 6.45) is 3.01. The normalized spacial score (nSPS) is 13.6. The molecule has 1 aliphatic rings. The van der Waals surface area contributed by atoms with E-state index in [0.717, 1.165) is 43.0 Å². The Morgan fingerprint density at radius 3 is 2.07 bits per heavy atom. The Labute approximate surface area is 247 Å². The minimum absolute atomic E-state index is 0.286. The van der Waals surface area contributed by atoms with Crippen LogP contribution in [0.4, 0.5) is 23.0 Å². The second-order valence-corrected chi connectivity index (χ2v) is 10.7. The van der Waals surface area contributed by atoms with Crippen molar-refractivity contribution in [2.75, 3.05) is 48.6 Å². The lowest BCUT2D eigenvalue weighted by atomic mass is 10.1. The van der Waals surface area contributed by atoms with E-state index in [9.17, 15) is 4.79 Å². The van der Waals surface area contributed by atoms with Crippen molar-refractivity contribution in [1.82, 2.24) is 14.9 Å². The number of nitrogens with one attached hydrogen (secondary N) is 1. The maximum atomic E-state index is 13.8. The van der Waals surface area contributed by atoms with Gasteiger partial charge < -0.3 is 19.8 Å². The number of para-hydroxylation sites is 3. The number of aromatic nitrogens is 2. The van der Waals surface area contributed by atoms with Crippen molar-refractivity contribution in [3.05, 3.63) is 95.8 Å². The van der Waals surface area contributed by atoms with Crippen LogP contribution in [0.1, 0.15) is 35.3 Å². The summed E-state index contributed by atoms with van der Waals surface area (Å²) in [5.74, 6) is 0.933. The van der Waals surface area contributed by atoms with Crippen LogP contribution in [0.15, 0.2) is 79.1 Å². The molecule has 1 N–H and O–H groups in total. The van der Waals surface area contributed by atoms with E-state index in [4.69, 9.17) is 9.57 Å². The Kier molecular flexibility index (Phi) is 8.88. The van der Waals surface area contributed by atoms with Gasteiger partial charge in [0, 0.05) is 56.0 Å². The number of hydrogen-bond acceptors (Lipinski definition) is 8. The highest BCUT2D eigenvalue weighted by Gasteiger charge is 2.25. The number of anilines is 4. The third kappa shape index (κ3) is 6.47. The minimum atomic E-state index is -0.397. The largest absolute Gasteiger partial charge is 0.493 e. The number of aryl methyl sites for hydroxylation is 2. The van der Waals surface area contributed by atoms with Crippen molar-refractivity contribution in [3.8, 4) is 11.5 Å². The third-order valence-electron chi connectivity index (χ3n) is 7.52. The molecule has 0 spiro atoms. The van der Waals surface area contributed by atoms with Crippen molar-refractivity contribution >= 4 is 28.9 Å². The van der Waals surface area contributed by atoms with Crippen molar-refractivity contribution in [2.45, 2.75) is 33.7 Å². The van der Waals surface area contributed by atoms with Crippen LogP contribution < -0.4 is 24.9 Å². The maximum Gasteiger partial charge on any atom is 0.294 e. The van der Waals surface area contributed by atoms with Gasteiger partial charge in [-0.1, -0.05) is 30.3 Å². The number of hydrogen-bond donors (Lipinski definition) is 1. The zero-order valence-electron chi connectivity index (χ0n) is 24.9. The molecule has 42 heavy (non-hydrogen) atoms. The minimum Gasteiger partial charge on any atom is -0.493 e. The van der Waals surface area contributed by atoms with E-state index in [1.165, 1.54) is 23.1 Å².